The molecule has 2 aromatic heterocycles. The second-order valence-electron chi connectivity index (χ2n) is 8.45. The molecule has 8 heteroatoms. The molecule has 0 saturated heterocycles. The van der Waals surface area contributed by atoms with Crippen molar-refractivity contribution in [2.75, 3.05) is 38.8 Å². The van der Waals surface area contributed by atoms with E-state index >= 15 is 0 Å². The largest absolute Gasteiger partial charge is 0.381 e. The molecule has 172 valence electrons. The molecule has 32 heavy (non-hydrogen) atoms. The number of nitrogens with one attached hydrogen (secondary N) is 1. The van der Waals surface area contributed by atoms with Crippen molar-refractivity contribution in [3.63, 3.8) is 0 Å². The zero-order chi connectivity index (χ0) is 22.5. The molecule has 4 rings (SSSR count). The van der Waals surface area contributed by atoms with Crippen LogP contribution in [0.15, 0.2) is 36.8 Å². The number of methoxy groups -OCH3 is 2. The van der Waals surface area contributed by atoms with Gasteiger partial charge in [0.2, 0.25) is 0 Å². The van der Waals surface area contributed by atoms with Crippen LogP contribution in [-0.2, 0) is 16.5 Å². The molecule has 2 unspecified atom stereocenters. The average molecular weight is 439 g/mol. The summed E-state index contributed by atoms with van der Waals surface area (Å²) < 4.78 is 13.3. The van der Waals surface area contributed by atoms with Gasteiger partial charge in [0.25, 0.3) is 0 Å². The number of nitrogens with zero attached hydrogens (tertiary/aromatic N) is 5. The van der Waals surface area contributed by atoms with E-state index in [0.29, 0.717) is 6.04 Å². The Hall–Kier alpha value is -2.55. The SMILES string of the molecule is CCNCCN(c1ccc2ncc(-c3cnn(C)c3)nc2c1)C1CC(OC)CC(OC)C1. The Kier molecular flexibility index (Phi) is 7.34. The van der Waals surface area contributed by atoms with E-state index in [2.05, 4.69) is 45.4 Å². The van der Waals surface area contributed by atoms with E-state index in [1.807, 2.05) is 25.6 Å². The maximum atomic E-state index is 5.75. The topological polar surface area (TPSA) is 77.3 Å². The summed E-state index contributed by atoms with van der Waals surface area (Å²) in [5.74, 6) is 0. The van der Waals surface area contributed by atoms with Gasteiger partial charge in [0.05, 0.1) is 41.3 Å². The summed E-state index contributed by atoms with van der Waals surface area (Å²) in [6.07, 6.45) is 8.93. The highest BCUT2D eigenvalue weighted by Gasteiger charge is 2.32. The van der Waals surface area contributed by atoms with E-state index in [0.717, 1.165) is 66.9 Å². The fourth-order valence-corrected chi connectivity index (χ4v) is 4.60. The lowest BCUT2D eigenvalue weighted by molar-refractivity contribution is -0.0169. The third kappa shape index (κ3) is 5.09. The van der Waals surface area contributed by atoms with Gasteiger partial charge in [-0.3, -0.25) is 9.67 Å². The Bertz CT molecular complexity index is 1010. The molecule has 0 spiro atoms. The zero-order valence-corrected chi connectivity index (χ0v) is 19.5. The number of likely N-dealkylation sites (N-methyl/N-ethyl adjacent to an activating group) is 1. The molecule has 8 nitrogen and oxygen atoms in total. The van der Waals surface area contributed by atoms with Crippen LogP contribution in [0, 0.1) is 0 Å². The summed E-state index contributed by atoms with van der Waals surface area (Å²) in [6, 6.07) is 6.72. The van der Waals surface area contributed by atoms with Crippen LogP contribution in [0.3, 0.4) is 0 Å². The van der Waals surface area contributed by atoms with Gasteiger partial charge in [-0.1, -0.05) is 6.92 Å². The molecule has 0 radical (unpaired) electrons. The van der Waals surface area contributed by atoms with E-state index in [1.54, 1.807) is 18.9 Å². The van der Waals surface area contributed by atoms with Crippen LogP contribution in [0.5, 0.6) is 0 Å². The van der Waals surface area contributed by atoms with Crippen molar-refractivity contribution < 1.29 is 9.47 Å². The van der Waals surface area contributed by atoms with Crippen molar-refractivity contribution in [2.45, 2.75) is 44.4 Å². The maximum Gasteiger partial charge on any atom is 0.0924 e. The molecule has 2 atom stereocenters. The summed E-state index contributed by atoms with van der Waals surface area (Å²) in [7, 11) is 5.51. The monoisotopic (exact) mass is 438 g/mol. The molecule has 2 heterocycles. The lowest BCUT2D eigenvalue weighted by Crippen LogP contribution is -2.47. The van der Waals surface area contributed by atoms with Gasteiger partial charge in [0.1, 0.15) is 0 Å². The summed E-state index contributed by atoms with van der Waals surface area (Å²) in [6.45, 7) is 4.92. The van der Waals surface area contributed by atoms with Crippen molar-refractivity contribution >= 4 is 16.7 Å². The molecule has 1 fully saturated rings. The quantitative estimate of drug-likeness (QED) is 0.515. The number of rotatable bonds is 9. The Morgan fingerprint density at radius 3 is 2.53 bits per heavy atom. The van der Waals surface area contributed by atoms with Crippen molar-refractivity contribution in [2.24, 2.45) is 7.05 Å². The second-order valence-corrected chi connectivity index (χ2v) is 8.45. The molecule has 1 N–H and O–H groups in total. The zero-order valence-electron chi connectivity index (χ0n) is 19.5. The summed E-state index contributed by atoms with van der Waals surface area (Å²) in [5, 5.41) is 7.73. The smallest absolute Gasteiger partial charge is 0.0924 e. The highest BCUT2D eigenvalue weighted by atomic mass is 16.5. The van der Waals surface area contributed by atoms with Crippen LogP contribution in [0.25, 0.3) is 22.3 Å². The summed E-state index contributed by atoms with van der Waals surface area (Å²) in [5.41, 5.74) is 4.73. The highest BCUT2D eigenvalue weighted by Crippen LogP contribution is 2.31. The first-order chi connectivity index (χ1) is 15.6. The third-order valence-electron chi connectivity index (χ3n) is 6.34. The van der Waals surface area contributed by atoms with E-state index in [9.17, 15) is 0 Å². The Balaban J connectivity index is 1.66. The van der Waals surface area contributed by atoms with E-state index in [-0.39, 0.29) is 12.2 Å². The lowest BCUT2D eigenvalue weighted by atomic mass is 9.89. The molecule has 0 aliphatic heterocycles. The number of ether oxygens (including phenoxy) is 2. The predicted octanol–water partition coefficient (Wildman–Crippen LogP) is 3.03. The van der Waals surface area contributed by atoms with E-state index in [4.69, 9.17) is 14.5 Å². The Labute approximate surface area is 189 Å². The second kappa shape index (κ2) is 10.4. The van der Waals surface area contributed by atoms with E-state index in [1.165, 1.54) is 0 Å². The van der Waals surface area contributed by atoms with Gasteiger partial charge in [-0.2, -0.15) is 5.10 Å². The average Bonchev–Trinajstić information content (AvgIpc) is 3.27. The van der Waals surface area contributed by atoms with Crippen LogP contribution in [0.4, 0.5) is 5.69 Å². The molecular weight excluding hydrogens is 404 g/mol. The molecule has 3 aromatic rings. The number of benzene rings is 1. The first-order valence-electron chi connectivity index (χ1n) is 11.4. The highest BCUT2D eigenvalue weighted by molar-refractivity contribution is 5.81. The molecule has 1 aromatic carbocycles. The third-order valence-corrected chi connectivity index (χ3v) is 6.34. The predicted molar refractivity (Wildman–Crippen MR) is 127 cm³/mol. The maximum absolute atomic E-state index is 5.75. The Morgan fingerprint density at radius 1 is 1.09 bits per heavy atom. The van der Waals surface area contributed by atoms with Gasteiger partial charge in [-0.15, -0.1) is 0 Å². The molecule has 1 aliphatic rings. The summed E-state index contributed by atoms with van der Waals surface area (Å²) in [4.78, 5) is 12.0. The first kappa shape index (κ1) is 22.6. The Morgan fingerprint density at radius 2 is 1.88 bits per heavy atom. The molecule has 1 saturated carbocycles. The lowest BCUT2D eigenvalue weighted by Gasteiger charge is -2.41. The van der Waals surface area contributed by atoms with Crippen LogP contribution < -0.4 is 10.2 Å². The van der Waals surface area contributed by atoms with Gasteiger partial charge < -0.3 is 19.7 Å². The fourth-order valence-electron chi connectivity index (χ4n) is 4.60. The number of hydrogen-bond donors (Lipinski definition) is 1. The van der Waals surface area contributed by atoms with Crippen molar-refractivity contribution in [3.8, 4) is 11.3 Å². The van der Waals surface area contributed by atoms with Crippen LogP contribution in [0.2, 0.25) is 0 Å². The van der Waals surface area contributed by atoms with E-state index < -0.39 is 0 Å². The van der Waals surface area contributed by atoms with Gasteiger partial charge in [-0.05, 0) is 44.0 Å². The number of anilines is 1. The van der Waals surface area contributed by atoms with Crippen LogP contribution >= 0.6 is 0 Å². The van der Waals surface area contributed by atoms with Crippen LogP contribution in [-0.4, -0.2) is 71.9 Å². The fraction of sp³-hybridized carbons (Fsp3) is 0.542. The summed E-state index contributed by atoms with van der Waals surface area (Å²) >= 11 is 0. The molecule has 0 bridgehead atoms. The number of aryl methyl sites for hydroxylation is 1. The van der Waals surface area contributed by atoms with Crippen molar-refractivity contribution in [1.82, 2.24) is 25.1 Å². The van der Waals surface area contributed by atoms with Gasteiger partial charge in [0.15, 0.2) is 0 Å². The minimum Gasteiger partial charge on any atom is -0.381 e. The molecule has 0 amide bonds. The minimum atomic E-state index is 0.206. The number of hydrogen-bond acceptors (Lipinski definition) is 7. The number of fused-ring (bicyclic) bond motifs is 1. The van der Waals surface area contributed by atoms with Gasteiger partial charge in [0, 0.05) is 57.8 Å². The molecular formula is C24H34N6O2. The molecule has 1 aliphatic carbocycles. The van der Waals surface area contributed by atoms with Crippen LogP contribution in [0.1, 0.15) is 26.2 Å². The standard InChI is InChI=1S/C24H34N6O2/c1-5-25-8-9-30(19-10-20(31-3)13-21(11-19)32-4)18-6-7-22-23(12-18)28-24(15-26-22)17-14-27-29(2)16-17/h6-7,12,14-16,19-21,25H,5,8-11,13H2,1-4H3. The normalized spacial score (nSPS) is 21.2. The first-order valence-corrected chi connectivity index (χ1v) is 11.4. The minimum absolute atomic E-state index is 0.206. The van der Waals surface area contributed by atoms with Crippen molar-refractivity contribution in [3.05, 3.63) is 36.8 Å². The van der Waals surface area contributed by atoms with Gasteiger partial charge in [-0.25, -0.2) is 4.98 Å². The number of aromatic nitrogens is 4. The van der Waals surface area contributed by atoms with Gasteiger partial charge >= 0.3 is 0 Å². The van der Waals surface area contributed by atoms with Crippen molar-refractivity contribution in [1.29, 1.82) is 0 Å².